The standard InChI is InChI=1S/C23H25N3O4/c1-24-19(14-16-6-4-3-5-7-16)23(29)26-13-12-25(15-20(26)22(24)28)21(27)17-8-10-18(30-2)11-9-17/h3-11,19-20H,12-15H2,1-2H3/t19-,20+/m0/s1. The molecule has 30 heavy (non-hydrogen) atoms. The molecule has 4 rings (SSSR count). The number of likely N-dealkylation sites (N-methyl/N-ethyl adjacent to an activating group) is 1. The minimum Gasteiger partial charge on any atom is -0.497 e. The Kier molecular flexibility index (Phi) is 5.44. The first-order valence-electron chi connectivity index (χ1n) is 10.0. The highest BCUT2D eigenvalue weighted by molar-refractivity contribution is 5.99. The van der Waals surface area contributed by atoms with Gasteiger partial charge in [-0.1, -0.05) is 30.3 Å². The van der Waals surface area contributed by atoms with Crippen molar-refractivity contribution in [1.82, 2.24) is 14.7 Å². The van der Waals surface area contributed by atoms with Gasteiger partial charge in [-0.15, -0.1) is 0 Å². The van der Waals surface area contributed by atoms with E-state index < -0.39 is 12.1 Å². The molecule has 2 heterocycles. The number of rotatable bonds is 4. The number of fused-ring (bicyclic) bond motifs is 1. The fraction of sp³-hybridized carbons (Fsp3) is 0.348. The highest BCUT2D eigenvalue weighted by Crippen LogP contribution is 2.24. The molecule has 0 spiro atoms. The molecular formula is C23H25N3O4. The SMILES string of the molecule is COc1ccc(C(=O)N2CCN3C(=O)[C@H](Cc4ccccc4)N(C)C(=O)[C@H]3C2)cc1. The maximum absolute atomic E-state index is 13.2. The van der Waals surface area contributed by atoms with Gasteiger partial charge in [-0.2, -0.15) is 0 Å². The number of ether oxygens (including phenoxy) is 1. The Morgan fingerprint density at radius 3 is 2.37 bits per heavy atom. The Morgan fingerprint density at radius 1 is 1.00 bits per heavy atom. The van der Waals surface area contributed by atoms with Gasteiger partial charge in [-0.25, -0.2) is 0 Å². The number of benzene rings is 2. The minimum absolute atomic E-state index is 0.0532. The molecule has 3 amide bonds. The van der Waals surface area contributed by atoms with Gasteiger partial charge >= 0.3 is 0 Å². The maximum Gasteiger partial charge on any atom is 0.254 e. The lowest BCUT2D eigenvalue weighted by atomic mass is 9.97. The summed E-state index contributed by atoms with van der Waals surface area (Å²) in [5.74, 6) is 0.354. The Balaban J connectivity index is 1.48. The number of carbonyl (C=O) groups excluding carboxylic acids is 3. The molecule has 0 aromatic heterocycles. The van der Waals surface area contributed by atoms with Crippen molar-refractivity contribution in [2.45, 2.75) is 18.5 Å². The normalized spacial score (nSPS) is 21.5. The van der Waals surface area contributed by atoms with Crippen LogP contribution in [0, 0.1) is 0 Å². The zero-order valence-electron chi connectivity index (χ0n) is 17.2. The fourth-order valence-electron chi connectivity index (χ4n) is 4.17. The summed E-state index contributed by atoms with van der Waals surface area (Å²) >= 11 is 0. The van der Waals surface area contributed by atoms with Crippen molar-refractivity contribution < 1.29 is 19.1 Å². The first kappa shape index (κ1) is 19.9. The second-order valence-electron chi connectivity index (χ2n) is 7.68. The average molecular weight is 407 g/mol. The Bertz CT molecular complexity index is 945. The molecular weight excluding hydrogens is 382 g/mol. The molecule has 0 radical (unpaired) electrons. The molecule has 0 N–H and O–H groups in total. The third-order valence-electron chi connectivity index (χ3n) is 5.94. The van der Waals surface area contributed by atoms with Crippen molar-refractivity contribution in [2.75, 3.05) is 33.8 Å². The van der Waals surface area contributed by atoms with Crippen LogP contribution in [0.4, 0.5) is 0 Å². The largest absolute Gasteiger partial charge is 0.497 e. The number of carbonyl (C=O) groups is 3. The summed E-state index contributed by atoms with van der Waals surface area (Å²) in [6, 6.07) is 15.5. The van der Waals surface area contributed by atoms with Crippen LogP contribution in [0.3, 0.4) is 0 Å². The van der Waals surface area contributed by atoms with Crippen molar-refractivity contribution in [3.05, 3.63) is 65.7 Å². The van der Waals surface area contributed by atoms with E-state index in [0.717, 1.165) is 5.56 Å². The lowest BCUT2D eigenvalue weighted by molar-refractivity contribution is -0.163. The van der Waals surface area contributed by atoms with Crippen LogP contribution in [0.15, 0.2) is 54.6 Å². The van der Waals surface area contributed by atoms with Gasteiger partial charge in [0.15, 0.2) is 0 Å². The topological polar surface area (TPSA) is 70.2 Å². The summed E-state index contributed by atoms with van der Waals surface area (Å²) in [7, 11) is 3.25. The summed E-state index contributed by atoms with van der Waals surface area (Å²) in [4.78, 5) is 44.0. The quantitative estimate of drug-likeness (QED) is 0.769. The van der Waals surface area contributed by atoms with Crippen LogP contribution in [0.25, 0.3) is 0 Å². The first-order valence-corrected chi connectivity index (χ1v) is 10.0. The smallest absolute Gasteiger partial charge is 0.254 e. The van der Waals surface area contributed by atoms with Gasteiger partial charge in [0.1, 0.15) is 17.8 Å². The van der Waals surface area contributed by atoms with Crippen LogP contribution in [-0.4, -0.2) is 78.3 Å². The van der Waals surface area contributed by atoms with E-state index in [4.69, 9.17) is 4.74 Å². The molecule has 7 heteroatoms. The van der Waals surface area contributed by atoms with Gasteiger partial charge in [0.05, 0.1) is 13.7 Å². The van der Waals surface area contributed by atoms with E-state index in [2.05, 4.69) is 0 Å². The van der Waals surface area contributed by atoms with Crippen LogP contribution in [0.1, 0.15) is 15.9 Å². The van der Waals surface area contributed by atoms with Crippen LogP contribution in [0.2, 0.25) is 0 Å². The van der Waals surface area contributed by atoms with E-state index >= 15 is 0 Å². The lowest BCUT2D eigenvalue weighted by Gasteiger charge is -2.48. The molecule has 2 aromatic carbocycles. The monoisotopic (exact) mass is 407 g/mol. The summed E-state index contributed by atoms with van der Waals surface area (Å²) in [5, 5.41) is 0. The lowest BCUT2D eigenvalue weighted by Crippen LogP contribution is -2.70. The summed E-state index contributed by atoms with van der Waals surface area (Å²) in [5.41, 5.74) is 1.55. The summed E-state index contributed by atoms with van der Waals surface area (Å²) in [6.45, 7) is 0.969. The van der Waals surface area contributed by atoms with Gasteiger partial charge < -0.3 is 19.4 Å². The number of hydrogen-bond acceptors (Lipinski definition) is 4. The number of methoxy groups -OCH3 is 1. The number of piperazine rings is 2. The number of nitrogens with zero attached hydrogens (tertiary/aromatic N) is 3. The fourth-order valence-corrected chi connectivity index (χ4v) is 4.17. The summed E-state index contributed by atoms with van der Waals surface area (Å²) < 4.78 is 5.14. The maximum atomic E-state index is 13.2. The first-order chi connectivity index (χ1) is 14.5. The van der Waals surface area contributed by atoms with Gasteiger partial charge in [0.2, 0.25) is 11.8 Å². The predicted octanol–water partition coefficient (Wildman–Crippen LogP) is 1.43. The Hall–Kier alpha value is -3.35. The Labute approximate surface area is 175 Å². The van der Waals surface area contributed by atoms with Crippen LogP contribution >= 0.6 is 0 Å². The van der Waals surface area contributed by atoms with Gasteiger partial charge in [-0.05, 0) is 29.8 Å². The molecule has 156 valence electrons. The molecule has 2 aromatic rings. The van der Waals surface area contributed by atoms with E-state index in [9.17, 15) is 14.4 Å². The second kappa shape index (κ2) is 8.18. The number of hydrogen-bond donors (Lipinski definition) is 0. The van der Waals surface area contributed by atoms with Crippen molar-refractivity contribution in [1.29, 1.82) is 0 Å². The molecule has 0 unspecified atom stereocenters. The Morgan fingerprint density at radius 2 is 1.70 bits per heavy atom. The van der Waals surface area contributed by atoms with Crippen molar-refractivity contribution in [3.63, 3.8) is 0 Å². The predicted molar refractivity (Wildman–Crippen MR) is 111 cm³/mol. The molecule has 0 aliphatic carbocycles. The van der Waals surface area contributed by atoms with Crippen LogP contribution < -0.4 is 4.74 Å². The molecule has 7 nitrogen and oxygen atoms in total. The molecule has 0 bridgehead atoms. The highest BCUT2D eigenvalue weighted by Gasteiger charge is 2.47. The third-order valence-corrected chi connectivity index (χ3v) is 5.94. The van der Waals surface area contributed by atoms with Crippen molar-refractivity contribution in [3.8, 4) is 5.75 Å². The third kappa shape index (κ3) is 3.63. The van der Waals surface area contributed by atoms with E-state index in [0.29, 0.717) is 30.8 Å². The zero-order chi connectivity index (χ0) is 21.3. The van der Waals surface area contributed by atoms with Crippen LogP contribution in [-0.2, 0) is 16.0 Å². The summed E-state index contributed by atoms with van der Waals surface area (Å²) in [6.07, 6.45) is 0.486. The number of amides is 3. The molecule has 2 aliphatic rings. The van der Waals surface area contributed by atoms with Gasteiger partial charge in [0.25, 0.3) is 5.91 Å². The van der Waals surface area contributed by atoms with E-state index in [1.165, 1.54) is 4.90 Å². The molecule has 2 saturated heterocycles. The van der Waals surface area contributed by atoms with E-state index in [1.807, 2.05) is 30.3 Å². The molecule has 2 atom stereocenters. The molecule has 2 fully saturated rings. The average Bonchev–Trinajstić information content (AvgIpc) is 2.80. The van der Waals surface area contributed by atoms with Crippen LogP contribution in [0.5, 0.6) is 5.75 Å². The van der Waals surface area contributed by atoms with Crippen molar-refractivity contribution >= 4 is 17.7 Å². The minimum atomic E-state index is -0.634. The van der Waals surface area contributed by atoms with E-state index in [-0.39, 0.29) is 24.3 Å². The van der Waals surface area contributed by atoms with E-state index in [1.54, 1.807) is 48.2 Å². The van der Waals surface area contributed by atoms with Crippen molar-refractivity contribution in [2.24, 2.45) is 0 Å². The van der Waals surface area contributed by atoms with Gasteiger partial charge in [-0.3, -0.25) is 14.4 Å². The second-order valence-corrected chi connectivity index (χ2v) is 7.68. The molecule has 2 aliphatic heterocycles. The highest BCUT2D eigenvalue weighted by atomic mass is 16.5. The van der Waals surface area contributed by atoms with Gasteiger partial charge in [0, 0.05) is 32.1 Å². The zero-order valence-corrected chi connectivity index (χ0v) is 17.2. The molecule has 0 saturated carbocycles.